The van der Waals surface area contributed by atoms with Crippen molar-refractivity contribution >= 4 is 6.29 Å². The molecule has 0 aliphatic rings. The van der Waals surface area contributed by atoms with E-state index in [2.05, 4.69) is 37.9 Å². The lowest BCUT2D eigenvalue weighted by atomic mass is 10.1. The molecule has 0 fully saturated rings. The zero-order chi connectivity index (χ0) is 15.7. The Labute approximate surface area is 126 Å². The van der Waals surface area contributed by atoms with Crippen LogP contribution in [0.2, 0.25) is 0 Å². The van der Waals surface area contributed by atoms with E-state index in [0.29, 0.717) is 5.56 Å². The fraction of sp³-hybridized carbons (Fsp3) is 0.562. The number of aryl methyl sites for hydroxylation is 1. The van der Waals surface area contributed by atoms with E-state index in [9.17, 15) is 4.79 Å². The van der Waals surface area contributed by atoms with Crippen molar-refractivity contribution in [2.45, 2.75) is 60.0 Å². The molecule has 0 saturated carbocycles. The van der Waals surface area contributed by atoms with E-state index in [1.807, 2.05) is 29.4 Å². The molecule has 2 rings (SSSR count). The summed E-state index contributed by atoms with van der Waals surface area (Å²) in [6, 6.07) is 0.562. The third-order valence-corrected chi connectivity index (χ3v) is 3.98. The third kappa shape index (κ3) is 2.64. The average molecular weight is 288 g/mol. The van der Waals surface area contributed by atoms with Gasteiger partial charge < -0.3 is 0 Å². The molecule has 0 bridgehead atoms. The normalized spacial score (nSPS) is 12.9. The number of nitrogens with zero attached hydrogens (tertiary/aromatic N) is 4. The van der Waals surface area contributed by atoms with Crippen LogP contribution < -0.4 is 0 Å². The summed E-state index contributed by atoms with van der Waals surface area (Å²) in [4.78, 5) is 11.4. The summed E-state index contributed by atoms with van der Waals surface area (Å²) in [5.41, 5.74) is 4.32. The van der Waals surface area contributed by atoms with Crippen LogP contribution in [0, 0.1) is 13.8 Å². The predicted molar refractivity (Wildman–Crippen MR) is 83.7 cm³/mol. The van der Waals surface area contributed by atoms with Crippen LogP contribution in [0.4, 0.5) is 0 Å². The van der Waals surface area contributed by atoms with Crippen LogP contribution in [0.1, 0.15) is 67.9 Å². The van der Waals surface area contributed by atoms with E-state index >= 15 is 0 Å². The molecule has 114 valence electrons. The molecule has 0 saturated heterocycles. The maximum absolute atomic E-state index is 11.4. The molecule has 2 aromatic heterocycles. The zero-order valence-electron chi connectivity index (χ0n) is 13.7. The van der Waals surface area contributed by atoms with Crippen molar-refractivity contribution in [3.63, 3.8) is 0 Å². The van der Waals surface area contributed by atoms with E-state index in [1.165, 1.54) is 0 Å². The van der Waals surface area contributed by atoms with Crippen LogP contribution in [0.25, 0.3) is 11.3 Å². The number of rotatable bonds is 5. The molecule has 0 spiro atoms. The second-order valence-electron chi connectivity index (χ2n) is 5.87. The molecule has 21 heavy (non-hydrogen) atoms. The summed E-state index contributed by atoms with van der Waals surface area (Å²) in [5.74, 6) is 0. The Morgan fingerprint density at radius 3 is 2.38 bits per heavy atom. The Bertz CT molecular complexity index is 652. The van der Waals surface area contributed by atoms with E-state index in [-0.39, 0.29) is 12.1 Å². The maximum Gasteiger partial charge on any atom is 0.153 e. The smallest absolute Gasteiger partial charge is 0.153 e. The summed E-state index contributed by atoms with van der Waals surface area (Å²) >= 11 is 0. The van der Waals surface area contributed by atoms with Gasteiger partial charge in [-0.15, -0.1) is 0 Å². The van der Waals surface area contributed by atoms with Gasteiger partial charge in [0.05, 0.1) is 11.3 Å². The molecule has 0 amide bonds. The summed E-state index contributed by atoms with van der Waals surface area (Å²) in [7, 11) is 0. The van der Waals surface area contributed by atoms with Crippen molar-refractivity contribution in [3.05, 3.63) is 23.1 Å². The first-order valence-electron chi connectivity index (χ1n) is 7.51. The minimum absolute atomic E-state index is 0.276. The van der Waals surface area contributed by atoms with Crippen molar-refractivity contribution in [2.24, 2.45) is 0 Å². The SMILES string of the molecule is CCC(C)n1cc(C=O)c(-c2c(C)nn(C(C)C)c2C)n1. The van der Waals surface area contributed by atoms with E-state index in [0.717, 1.165) is 35.4 Å². The Morgan fingerprint density at radius 1 is 1.24 bits per heavy atom. The lowest BCUT2D eigenvalue weighted by molar-refractivity contribution is 0.112. The molecule has 0 aliphatic heterocycles. The number of aldehydes is 1. The van der Waals surface area contributed by atoms with Crippen molar-refractivity contribution in [1.29, 1.82) is 0 Å². The third-order valence-electron chi connectivity index (χ3n) is 3.98. The van der Waals surface area contributed by atoms with Crippen LogP contribution in [-0.2, 0) is 0 Å². The first-order valence-corrected chi connectivity index (χ1v) is 7.51. The van der Waals surface area contributed by atoms with Gasteiger partial charge in [-0.05, 0) is 41.0 Å². The van der Waals surface area contributed by atoms with Crippen LogP contribution in [0.15, 0.2) is 6.20 Å². The molecule has 5 nitrogen and oxygen atoms in total. The molecular weight excluding hydrogens is 264 g/mol. The molecule has 0 radical (unpaired) electrons. The van der Waals surface area contributed by atoms with Gasteiger partial charge in [-0.3, -0.25) is 14.2 Å². The minimum atomic E-state index is 0.276. The van der Waals surface area contributed by atoms with Gasteiger partial charge in [0.15, 0.2) is 6.29 Å². The maximum atomic E-state index is 11.4. The van der Waals surface area contributed by atoms with Crippen molar-refractivity contribution in [2.75, 3.05) is 0 Å². The Balaban J connectivity index is 2.61. The highest BCUT2D eigenvalue weighted by molar-refractivity contribution is 5.86. The van der Waals surface area contributed by atoms with E-state index in [4.69, 9.17) is 0 Å². The highest BCUT2D eigenvalue weighted by Gasteiger charge is 2.21. The van der Waals surface area contributed by atoms with Crippen LogP contribution >= 0.6 is 0 Å². The van der Waals surface area contributed by atoms with Crippen molar-refractivity contribution in [1.82, 2.24) is 19.6 Å². The van der Waals surface area contributed by atoms with Gasteiger partial charge in [0.25, 0.3) is 0 Å². The summed E-state index contributed by atoms with van der Waals surface area (Å²) in [6.45, 7) is 12.4. The summed E-state index contributed by atoms with van der Waals surface area (Å²) in [5, 5.41) is 9.24. The lowest BCUT2D eigenvalue weighted by Gasteiger charge is -2.09. The van der Waals surface area contributed by atoms with Gasteiger partial charge in [0.1, 0.15) is 5.69 Å². The molecule has 2 aromatic rings. The largest absolute Gasteiger partial charge is 0.298 e. The molecule has 0 aromatic carbocycles. The van der Waals surface area contributed by atoms with Gasteiger partial charge in [0, 0.05) is 29.5 Å². The Kier molecular flexibility index (Phi) is 4.30. The number of aromatic nitrogens is 4. The second-order valence-corrected chi connectivity index (χ2v) is 5.87. The fourth-order valence-corrected chi connectivity index (χ4v) is 2.61. The molecule has 0 aliphatic carbocycles. The summed E-state index contributed by atoms with van der Waals surface area (Å²) in [6.07, 6.45) is 3.69. The first-order chi connectivity index (χ1) is 9.90. The van der Waals surface area contributed by atoms with Gasteiger partial charge in [-0.1, -0.05) is 6.92 Å². The average Bonchev–Trinajstić information content (AvgIpc) is 2.99. The molecule has 0 N–H and O–H groups in total. The van der Waals surface area contributed by atoms with Crippen molar-refractivity contribution in [3.8, 4) is 11.3 Å². The van der Waals surface area contributed by atoms with Crippen LogP contribution in [-0.4, -0.2) is 25.8 Å². The number of carbonyl (C=O) groups is 1. The molecular formula is C16H24N4O. The van der Waals surface area contributed by atoms with Gasteiger partial charge in [-0.25, -0.2) is 0 Å². The van der Waals surface area contributed by atoms with E-state index < -0.39 is 0 Å². The van der Waals surface area contributed by atoms with Crippen LogP contribution in [0.3, 0.4) is 0 Å². The fourth-order valence-electron chi connectivity index (χ4n) is 2.61. The monoisotopic (exact) mass is 288 g/mol. The molecule has 1 atom stereocenters. The highest BCUT2D eigenvalue weighted by atomic mass is 16.1. The van der Waals surface area contributed by atoms with Gasteiger partial charge in [0.2, 0.25) is 0 Å². The van der Waals surface area contributed by atoms with E-state index in [1.54, 1.807) is 0 Å². The Hall–Kier alpha value is -1.91. The zero-order valence-corrected chi connectivity index (χ0v) is 13.7. The number of hydrogen-bond donors (Lipinski definition) is 0. The summed E-state index contributed by atoms with van der Waals surface area (Å²) < 4.78 is 3.87. The highest BCUT2D eigenvalue weighted by Crippen LogP contribution is 2.30. The number of carbonyl (C=O) groups excluding carboxylic acids is 1. The minimum Gasteiger partial charge on any atom is -0.298 e. The first kappa shape index (κ1) is 15.5. The second kappa shape index (κ2) is 5.84. The number of hydrogen-bond acceptors (Lipinski definition) is 3. The quantitative estimate of drug-likeness (QED) is 0.788. The molecule has 1 unspecified atom stereocenters. The Morgan fingerprint density at radius 2 is 1.90 bits per heavy atom. The lowest BCUT2D eigenvalue weighted by Crippen LogP contribution is -2.05. The molecule has 2 heterocycles. The van der Waals surface area contributed by atoms with Gasteiger partial charge >= 0.3 is 0 Å². The predicted octanol–water partition coefficient (Wildman–Crippen LogP) is 3.73. The van der Waals surface area contributed by atoms with Crippen LogP contribution in [0.5, 0.6) is 0 Å². The van der Waals surface area contributed by atoms with Crippen molar-refractivity contribution < 1.29 is 4.79 Å². The topological polar surface area (TPSA) is 52.7 Å². The molecule has 5 heteroatoms. The standard InChI is InChI=1S/C16H24N4O/c1-7-11(4)19-8-14(9-21)16(18-19)15-12(5)17-20(10(2)3)13(15)6/h8-11H,7H2,1-6H3. The van der Waals surface area contributed by atoms with Gasteiger partial charge in [-0.2, -0.15) is 10.2 Å².